The Morgan fingerprint density at radius 1 is 1.35 bits per heavy atom. The zero-order valence-electron chi connectivity index (χ0n) is 9.37. The number of carboxylic acids is 1. The van der Waals surface area contributed by atoms with Crippen molar-refractivity contribution >= 4 is 17.6 Å². The van der Waals surface area contributed by atoms with E-state index in [1.807, 2.05) is 18.2 Å². The largest absolute Gasteiger partial charge is 0.480 e. The maximum atomic E-state index is 11.5. The van der Waals surface area contributed by atoms with Crippen LogP contribution in [0.2, 0.25) is 5.02 Å². The summed E-state index contributed by atoms with van der Waals surface area (Å²) >= 11 is 5.95. The van der Waals surface area contributed by atoms with Gasteiger partial charge < -0.3 is 5.11 Å². The molecule has 0 amide bonds. The quantitative estimate of drug-likeness (QED) is 0.864. The third kappa shape index (κ3) is 1.94. The lowest BCUT2D eigenvalue weighted by molar-refractivity contribution is -0.144. The van der Waals surface area contributed by atoms with E-state index < -0.39 is 11.5 Å². The highest BCUT2D eigenvalue weighted by atomic mass is 35.5. The SMILES string of the molecule is O=C(O)C1(NC2CC2)Cc2ccc(Cl)cc2C1. The van der Waals surface area contributed by atoms with E-state index in [1.54, 1.807) is 0 Å². The molecule has 1 saturated carbocycles. The number of carboxylic acid groups (broad SMARTS) is 1. The summed E-state index contributed by atoms with van der Waals surface area (Å²) in [7, 11) is 0. The van der Waals surface area contributed by atoms with Crippen LogP contribution in [0.5, 0.6) is 0 Å². The molecule has 2 N–H and O–H groups in total. The number of hydrogen-bond acceptors (Lipinski definition) is 2. The van der Waals surface area contributed by atoms with Crippen LogP contribution in [-0.2, 0) is 17.6 Å². The van der Waals surface area contributed by atoms with E-state index in [2.05, 4.69) is 5.32 Å². The van der Waals surface area contributed by atoms with Gasteiger partial charge in [-0.3, -0.25) is 10.1 Å². The molecule has 3 nitrogen and oxygen atoms in total. The van der Waals surface area contributed by atoms with Crippen LogP contribution in [0.15, 0.2) is 18.2 Å². The van der Waals surface area contributed by atoms with Crippen LogP contribution in [0.4, 0.5) is 0 Å². The summed E-state index contributed by atoms with van der Waals surface area (Å²) in [5.74, 6) is -0.753. The summed E-state index contributed by atoms with van der Waals surface area (Å²) in [6.07, 6.45) is 3.28. The van der Waals surface area contributed by atoms with Gasteiger partial charge in [-0.25, -0.2) is 0 Å². The van der Waals surface area contributed by atoms with Gasteiger partial charge in [0.1, 0.15) is 5.54 Å². The second-order valence-electron chi connectivity index (χ2n) is 5.07. The minimum absolute atomic E-state index is 0.385. The highest BCUT2D eigenvalue weighted by Gasteiger charge is 2.46. The fourth-order valence-electron chi connectivity index (χ4n) is 2.58. The molecule has 0 spiro atoms. The van der Waals surface area contributed by atoms with Gasteiger partial charge in [0.25, 0.3) is 0 Å². The number of nitrogens with one attached hydrogen (secondary N) is 1. The van der Waals surface area contributed by atoms with E-state index in [-0.39, 0.29) is 0 Å². The van der Waals surface area contributed by atoms with Crippen molar-refractivity contribution in [2.45, 2.75) is 37.3 Å². The van der Waals surface area contributed by atoms with Gasteiger partial charge in [0.05, 0.1) is 0 Å². The van der Waals surface area contributed by atoms with E-state index in [1.165, 1.54) is 0 Å². The van der Waals surface area contributed by atoms with E-state index in [4.69, 9.17) is 11.6 Å². The smallest absolute Gasteiger partial charge is 0.324 e. The first-order chi connectivity index (χ1) is 8.09. The molecule has 3 rings (SSSR count). The highest BCUT2D eigenvalue weighted by molar-refractivity contribution is 6.30. The molecule has 90 valence electrons. The minimum Gasteiger partial charge on any atom is -0.480 e. The van der Waals surface area contributed by atoms with Crippen LogP contribution in [0, 0.1) is 0 Å². The van der Waals surface area contributed by atoms with Crippen molar-refractivity contribution in [1.82, 2.24) is 5.32 Å². The van der Waals surface area contributed by atoms with E-state index in [9.17, 15) is 9.90 Å². The third-order valence-electron chi connectivity index (χ3n) is 3.62. The first kappa shape index (κ1) is 11.1. The maximum absolute atomic E-state index is 11.5. The summed E-state index contributed by atoms with van der Waals surface area (Å²) in [6, 6.07) is 6.04. The molecule has 0 bridgehead atoms. The molecular formula is C13H14ClNO2. The van der Waals surface area contributed by atoms with Crippen molar-refractivity contribution < 1.29 is 9.90 Å². The average molecular weight is 252 g/mol. The Morgan fingerprint density at radius 3 is 2.71 bits per heavy atom. The Kier molecular flexibility index (Phi) is 2.42. The number of aliphatic carboxylic acids is 1. The Balaban J connectivity index is 1.92. The molecule has 0 aliphatic heterocycles. The van der Waals surface area contributed by atoms with Gasteiger partial charge >= 0.3 is 5.97 Å². The molecule has 1 fully saturated rings. The van der Waals surface area contributed by atoms with Crippen LogP contribution >= 0.6 is 11.6 Å². The van der Waals surface area contributed by atoms with Crippen molar-refractivity contribution in [2.75, 3.05) is 0 Å². The highest BCUT2D eigenvalue weighted by Crippen LogP contribution is 2.35. The fourth-order valence-corrected chi connectivity index (χ4v) is 2.77. The fraction of sp³-hybridized carbons (Fsp3) is 0.462. The number of hydrogen-bond donors (Lipinski definition) is 2. The van der Waals surface area contributed by atoms with Crippen molar-refractivity contribution in [3.8, 4) is 0 Å². The molecule has 0 aromatic heterocycles. The number of fused-ring (bicyclic) bond motifs is 1. The standard InChI is InChI=1S/C13H14ClNO2/c14-10-2-1-8-6-13(12(16)17,7-9(8)5-10)15-11-3-4-11/h1-2,5,11,15H,3-4,6-7H2,(H,16,17). The maximum Gasteiger partial charge on any atom is 0.324 e. The topological polar surface area (TPSA) is 49.3 Å². The molecule has 1 atom stereocenters. The monoisotopic (exact) mass is 251 g/mol. The lowest BCUT2D eigenvalue weighted by Crippen LogP contribution is -2.54. The summed E-state index contributed by atoms with van der Waals surface area (Å²) in [5, 5.41) is 13.5. The van der Waals surface area contributed by atoms with Crippen LogP contribution in [0.25, 0.3) is 0 Å². The molecule has 1 unspecified atom stereocenters. The van der Waals surface area contributed by atoms with Crippen molar-refractivity contribution in [1.29, 1.82) is 0 Å². The van der Waals surface area contributed by atoms with Gasteiger partial charge in [-0.15, -0.1) is 0 Å². The zero-order valence-corrected chi connectivity index (χ0v) is 10.1. The van der Waals surface area contributed by atoms with Gasteiger partial charge in [-0.1, -0.05) is 17.7 Å². The van der Waals surface area contributed by atoms with Gasteiger partial charge in [-0.05, 0) is 36.1 Å². The Bertz CT molecular complexity index is 484. The molecule has 1 aromatic carbocycles. The molecule has 0 heterocycles. The average Bonchev–Trinajstić information content (AvgIpc) is 2.97. The predicted octanol–water partition coefficient (Wildman–Crippen LogP) is 2.01. The molecule has 17 heavy (non-hydrogen) atoms. The predicted molar refractivity (Wildman–Crippen MR) is 65.4 cm³/mol. The molecule has 4 heteroatoms. The van der Waals surface area contributed by atoms with Crippen molar-refractivity contribution in [2.24, 2.45) is 0 Å². The molecular weight excluding hydrogens is 238 g/mol. The summed E-state index contributed by atoms with van der Waals surface area (Å²) in [6.45, 7) is 0. The van der Waals surface area contributed by atoms with Crippen LogP contribution in [0.1, 0.15) is 24.0 Å². The van der Waals surface area contributed by atoms with E-state index in [0.29, 0.717) is 23.9 Å². The summed E-state index contributed by atoms with van der Waals surface area (Å²) in [4.78, 5) is 11.5. The summed E-state index contributed by atoms with van der Waals surface area (Å²) < 4.78 is 0. The van der Waals surface area contributed by atoms with Crippen LogP contribution in [0.3, 0.4) is 0 Å². The van der Waals surface area contributed by atoms with Crippen LogP contribution < -0.4 is 5.32 Å². The molecule has 2 aliphatic carbocycles. The first-order valence-electron chi connectivity index (χ1n) is 5.87. The number of carbonyl (C=O) groups is 1. The van der Waals surface area contributed by atoms with E-state index in [0.717, 1.165) is 24.0 Å². The number of halogens is 1. The second-order valence-corrected chi connectivity index (χ2v) is 5.51. The number of benzene rings is 1. The van der Waals surface area contributed by atoms with Gasteiger partial charge in [-0.2, -0.15) is 0 Å². The lowest BCUT2D eigenvalue weighted by atomic mass is 9.95. The van der Waals surface area contributed by atoms with Crippen molar-refractivity contribution in [3.63, 3.8) is 0 Å². The molecule has 1 aromatic rings. The Hall–Kier alpha value is -1.06. The number of rotatable bonds is 3. The zero-order chi connectivity index (χ0) is 12.0. The van der Waals surface area contributed by atoms with Gasteiger partial charge in [0.2, 0.25) is 0 Å². The second kappa shape index (κ2) is 3.72. The lowest BCUT2D eigenvalue weighted by Gasteiger charge is -2.25. The van der Waals surface area contributed by atoms with Crippen molar-refractivity contribution in [3.05, 3.63) is 34.3 Å². The summed E-state index contributed by atoms with van der Waals surface area (Å²) in [5.41, 5.74) is 1.35. The Labute approximate surface area is 105 Å². The van der Waals surface area contributed by atoms with Crippen LogP contribution in [-0.4, -0.2) is 22.7 Å². The Morgan fingerprint density at radius 2 is 2.06 bits per heavy atom. The normalized spacial score (nSPS) is 26.9. The van der Waals surface area contributed by atoms with Gasteiger partial charge in [0.15, 0.2) is 0 Å². The molecule has 0 radical (unpaired) electrons. The van der Waals surface area contributed by atoms with E-state index >= 15 is 0 Å². The molecule has 0 saturated heterocycles. The molecule has 2 aliphatic rings. The third-order valence-corrected chi connectivity index (χ3v) is 3.86. The first-order valence-corrected chi connectivity index (χ1v) is 6.25. The van der Waals surface area contributed by atoms with Gasteiger partial charge in [0, 0.05) is 23.9 Å². The minimum atomic E-state index is -0.811.